The fourth-order valence-corrected chi connectivity index (χ4v) is 1.49. The van der Waals surface area contributed by atoms with Crippen molar-refractivity contribution in [2.75, 3.05) is 19.4 Å². The molecular weight excluding hydrogens is 170 g/mol. The van der Waals surface area contributed by atoms with Crippen LogP contribution in [0.2, 0.25) is 0 Å². The van der Waals surface area contributed by atoms with Gasteiger partial charge in [-0.2, -0.15) is 0 Å². The summed E-state index contributed by atoms with van der Waals surface area (Å²) in [5.74, 6) is 1.61. The van der Waals surface area contributed by atoms with E-state index in [0.29, 0.717) is 0 Å². The highest BCUT2D eigenvalue weighted by Crippen LogP contribution is 2.20. The molecule has 0 aliphatic carbocycles. The van der Waals surface area contributed by atoms with Crippen molar-refractivity contribution < 1.29 is 4.74 Å². The third-order valence-electron chi connectivity index (χ3n) is 1.42. The number of thioether (sulfide) groups is 1. The molecule has 1 aromatic carbocycles. The summed E-state index contributed by atoms with van der Waals surface area (Å²) in [6, 6.07) is 7.80. The Morgan fingerprint density at radius 1 is 1.33 bits per heavy atom. The molecular formula is C9H11NOS. The Bertz CT molecular complexity index is 222. The average Bonchev–Trinajstić information content (AvgIpc) is 2.15. The molecule has 0 bridgehead atoms. The predicted octanol–water partition coefficient (Wildman–Crippen LogP) is 1.86. The minimum atomic E-state index is 0.219. The molecule has 12 heavy (non-hydrogen) atoms. The van der Waals surface area contributed by atoms with Crippen LogP contribution in [0.3, 0.4) is 0 Å². The summed E-state index contributed by atoms with van der Waals surface area (Å²) in [6.45, 7) is 0.219. The van der Waals surface area contributed by atoms with Crippen LogP contribution in [0.25, 0.3) is 0 Å². The van der Waals surface area contributed by atoms with Crippen LogP contribution >= 0.6 is 11.8 Å². The van der Waals surface area contributed by atoms with Gasteiger partial charge in [-0.3, -0.25) is 0 Å². The van der Waals surface area contributed by atoms with Crippen LogP contribution in [0.15, 0.2) is 29.2 Å². The molecule has 1 aromatic rings. The second-order valence-corrected chi connectivity index (χ2v) is 3.42. The van der Waals surface area contributed by atoms with Gasteiger partial charge in [0.15, 0.2) is 0 Å². The summed E-state index contributed by atoms with van der Waals surface area (Å²) < 4.78 is 5.01. The van der Waals surface area contributed by atoms with E-state index < -0.39 is 0 Å². The van der Waals surface area contributed by atoms with Crippen LogP contribution in [-0.2, 0) is 0 Å². The summed E-state index contributed by atoms with van der Waals surface area (Å²) >= 11 is 1.63. The Kier molecular flexibility index (Phi) is 3.97. The van der Waals surface area contributed by atoms with Gasteiger partial charge in [0.1, 0.15) is 5.75 Å². The van der Waals surface area contributed by atoms with E-state index >= 15 is 0 Å². The molecule has 0 saturated carbocycles. The number of benzene rings is 1. The number of ether oxygens (including phenoxy) is 1. The van der Waals surface area contributed by atoms with Crippen molar-refractivity contribution in [3.63, 3.8) is 0 Å². The molecule has 0 aliphatic heterocycles. The molecule has 0 N–H and O–H groups in total. The Morgan fingerprint density at radius 3 is 2.50 bits per heavy atom. The van der Waals surface area contributed by atoms with Gasteiger partial charge in [0.2, 0.25) is 0 Å². The van der Waals surface area contributed by atoms with Crippen LogP contribution in [-0.4, -0.2) is 19.4 Å². The molecule has 0 aromatic heterocycles. The Morgan fingerprint density at radius 2 is 2.00 bits per heavy atom. The number of hydrogen-bond donors (Lipinski definition) is 0. The maximum atomic E-state index is 8.58. The van der Waals surface area contributed by atoms with E-state index in [1.54, 1.807) is 18.9 Å². The number of rotatable bonds is 4. The normalized spacial score (nSPS) is 9.83. The molecule has 0 aliphatic rings. The predicted molar refractivity (Wildman–Crippen MR) is 50.7 cm³/mol. The van der Waals surface area contributed by atoms with E-state index in [4.69, 9.17) is 10.5 Å². The number of nitrogens with zero attached hydrogens (tertiary/aromatic N) is 1. The van der Waals surface area contributed by atoms with Crippen molar-refractivity contribution in [3.8, 4) is 5.75 Å². The molecule has 3 heteroatoms. The van der Waals surface area contributed by atoms with Gasteiger partial charge in [-0.15, -0.1) is 17.5 Å². The number of methoxy groups -OCH3 is 1. The summed E-state index contributed by atoms with van der Waals surface area (Å²) in [6.07, 6.45) is 0. The van der Waals surface area contributed by atoms with Crippen LogP contribution < -0.4 is 10.5 Å². The zero-order valence-electron chi connectivity index (χ0n) is 6.99. The highest BCUT2D eigenvalue weighted by Gasteiger charge is 1.93. The highest BCUT2D eigenvalue weighted by atomic mass is 32.2. The first-order valence-corrected chi connectivity index (χ1v) is 4.73. The molecule has 64 valence electrons. The molecule has 0 atom stereocenters. The Balaban J connectivity index is 2.53. The van der Waals surface area contributed by atoms with Crippen molar-refractivity contribution in [1.82, 2.24) is 5.73 Å². The SMILES string of the molecule is COc1ccc(SCC[N])cc1. The van der Waals surface area contributed by atoms with E-state index in [2.05, 4.69) is 0 Å². The van der Waals surface area contributed by atoms with E-state index in [-0.39, 0.29) is 6.54 Å². The molecule has 2 radical (unpaired) electrons. The molecule has 0 fully saturated rings. The van der Waals surface area contributed by atoms with Crippen molar-refractivity contribution in [2.45, 2.75) is 4.90 Å². The van der Waals surface area contributed by atoms with Gasteiger partial charge in [-0.1, -0.05) is 0 Å². The van der Waals surface area contributed by atoms with Crippen molar-refractivity contribution >= 4 is 11.8 Å². The van der Waals surface area contributed by atoms with Gasteiger partial charge >= 0.3 is 0 Å². The molecule has 1 rings (SSSR count). The third kappa shape index (κ3) is 2.75. The zero-order chi connectivity index (χ0) is 8.81. The lowest BCUT2D eigenvalue weighted by molar-refractivity contribution is 0.414. The lowest BCUT2D eigenvalue weighted by Crippen LogP contribution is -1.88. The smallest absolute Gasteiger partial charge is 0.118 e. The van der Waals surface area contributed by atoms with Crippen LogP contribution in [0.4, 0.5) is 0 Å². The van der Waals surface area contributed by atoms with Gasteiger partial charge in [-0.25, -0.2) is 0 Å². The molecule has 2 nitrogen and oxygen atoms in total. The second-order valence-electron chi connectivity index (χ2n) is 2.25. The molecule has 0 saturated heterocycles. The fraction of sp³-hybridized carbons (Fsp3) is 0.333. The van der Waals surface area contributed by atoms with Crippen molar-refractivity contribution in [2.24, 2.45) is 0 Å². The first kappa shape index (κ1) is 9.42. The lowest BCUT2D eigenvalue weighted by Gasteiger charge is -2.01. The second kappa shape index (κ2) is 5.06. The van der Waals surface area contributed by atoms with E-state index in [9.17, 15) is 0 Å². The minimum absolute atomic E-state index is 0.219. The van der Waals surface area contributed by atoms with Gasteiger partial charge in [0, 0.05) is 17.2 Å². The first-order valence-electron chi connectivity index (χ1n) is 3.74. The Labute approximate surface area is 77.1 Å². The van der Waals surface area contributed by atoms with Crippen molar-refractivity contribution in [1.29, 1.82) is 0 Å². The third-order valence-corrected chi connectivity index (χ3v) is 2.41. The van der Waals surface area contributed by atoms with Crippen LogP contribution in [0.1, 0.15) is 0 Å². The van der Waals surface area contributed by atoms with Gasteiger partial charge in [0.05, 0.1) is 7.11 Å². The highest BCUT2D eigenvalue weighted by molar-refractivity contribution is 7.99. The van der Waals surface area contributed by atoms with Gasteiger partial charge in [0.25, 0.3) is 0 Å². The summed E-state index contributed by atoms with van der Waals surface area (Å²) in [4.78, 5) is 1.16. The zero-order valence-corrected chi connectivity index (χ0v) is 7.80. The monoisotopic (exact) mass is 181 g/mol. The molecule has 0 amide bonds. The maximum absolute atomic E-state index is 8.58. The fourth-order valence-electron chi connectivity index (χ4n) is 0.835. The standard InChI is InChI=1S/C9H11NOS/c1-11-8-2-4-9(5-3-8)12-7-6-10/h2-5H,6-7H2,1H3. The summed E-state index contributed by atoms with van der Waals surface area (Å²) in [7, 11) is 1.65. The van der Waals surface area contributed by atoms with Gasteiger partial charge < -0.3 is 4.74 Å². The maximum Gasteiger partial charge on any atom is 0.118 e. The van der Waals surface area contributed by atoms with E-state index in [1.165, 1.54) is 0 Å². The summed E-state index contributed by atoms with van der Waals surface area (Å²) in [5, 5.41) is 0. The molecule has 0 spiro atoms. The minimum Gasteiger partial charge on any atom is -0.497 e. The van der Waals surface area contributed by atoms with Gasteiger partial charge in [-0.05, 0) is 24.3 Å². The Hall–Kier alpha value is -0.670. The van der Waals surface area contributed by atoms with Crippen LogP contribution in [0.5, 0.6) is 5.75 Å². The van der Waals surface area contributed by atoms with E-state index in [0.717, 1.165) is 16.4 Å². The first-order chi connectivity index (χ1) is 5.86. The molecule has 0 heterocycles. The lowest BCUT2D eigenvalue weighted by atomic mass is 10.3. The van der Waals surface area contributed by atoms with E-state index in [1.807, 2.05) is 24.3 Å². The number of hydrogen-bond acceptors (Lipinski definition) is 2. The molecule has 0 unspecified atom stereocenters. The average molecular weight is 181 g/mol. The topological polar surface area (TPSA) is 31.5 Å². The largest absolute Gasteiger partial charge is 0.497 e. The summed E-state index contributed by atoms with van der Waals surface area (Å²) in [5.41, 5.74) is 8.58. The quantitative estimate of drug-likeness (QED) is 0.664. The van der Waals surface area contributed by atoms with Crippen molar-refractivity contribution in [3.05, 3.63) is 24.3 Å². The van der Waals surface area contributed by atoms with Crippen LogP contribution in [0, 0.1) is 0 Å².